The molecule has 5 heteroatoms. The highest BCUT2D eigenvalue weighted by Crippen LogP contribution is 2.17. The molecule has 0 spiro atoms. The summed E-state index contributed by atoms with van der Waals surface area (Å²) in [7, 11) is 0. The van der Waals surface area contributed by atoms with Crippen LogP contribution in [-0.4, -0.2) is 12.5 Å². The molecule has 0 fully saturated rings. The molecule has 0 aliphatic carbocycles. The van der Waals surface area contributed by atoms with Gasteiger partial charge in [0.1, 0.15) is 0 Å². The third kappa shape index (κ3) is 4.77. The molecule has 0 unspecified atom stereocenters. The molecule has 122 valence electrons. The number of para-hydroxylation sites is 1. The normalized spacial score (nSPS) is 10.7. The topological polar surface area (TPSA) is 41.1 Å². The van der Waals surface area contributed by atoms with Gasteiger partial charge in [0.2, 0.25) is 0 Å². The number of hydrogen-bond donors (Lipinski definition) is 2. The molecule has 3 nitrogen and oxygen atoms in total. The summed E-state index contributed by atoms with van der Waals surface area (Å²) in [5, 5.41) is 5.96. The summed E-state index contributed by atoms with van der Waals surface area (Å²) in [5.41, 5.74) is 1.77. The number of benzene rings is 2. The smallest absolute Gasteiger partial charge is 0.253 e. The van der Waals surface area contributed by atoms with Gasteiger partial charge in [0, 0.05) is 18.8 Å². The molecule has 23 heavy (non-hydrogen) atoms. The summed E-state index contributed by atoms with van der Waals surface area (Å²) >= 11 is 0. The van der Waals surface area contributed by atoms with Gasteiger partial charge in [-0.1, -0.05) is 32.0 Å². The Hall–Kier alpha value is -2.43. The molecular formula is C18H20F2N2O. The molecule has 0 bridgehead atoms. The molecule has 0 heterocycles. The summed E-state index contributed by atoms with van der Waals surface area (Å²) in [6.07, 6.45) is 0. The van der Waals surface area contributed by atoms with Crippen molar-refractivity contribution in [2.45, 2.75) is 20.4 Å². The minimum absolute atomic E-state index is 0.160. The van der Waals surface area contributed by atoms with Gasteiger partial charge in [-0.15, -0.1) is 0 Å². The Kier molecular flexibility index (Phi) is 5.68. The predicted octanol–water partition coefficient (Wildman–Crippen LogP) is 3.96. The van der Waals surface area contributed by atoms with Gasteiger partial charge in [0.15, 0.2) is 11.6 Å². The Labute approximate surface area is 134 Å². The standard InChI is InChI=1S/C18H20F2N2O/c1-12(2)10-22-18(23)14-5-3-4-6-17(14)21-11-13-7-8-15(19)16(20)9-13/h3-9,12,21H,10-11H2,1-2H3,(H,22,23). The van der Waals surface area contributed by atoms with E-state index < -0.39 is 11.6 Å². The first-order valence-corrected chi connectivity index (χ1v) is 7.52. The molecule has 0 aliphatic rings. The van der Waals surface area contributed by atoms with Gasteiger partial charge >= 0.3 is 0 Å². The first kappa shape index (κ1) is 16.9. The van der Waals surface area contributed by atoms with Crippen molar-refractivity contribution in [3.05, 3.63) is 65.2 Å². The number of anilines is 1. The number of carbonyl (C=O) groups excluding carboxylic acids is 1. The van der Waals surface area contributed by atoms with Gasteiger partial charge in [0.05, 0.1) is 5.56 Å². The van der Waals surface area contributed by atoms with E-state index in [0.29, 0.717) is 35.8 Å². The summed E-state index contributed by atoms with van der Waals surface area (Å²) in [5.74, 6) is -1.55. The van der Waals surface area contributed by atoms with Crippen LogP contribution in [-0.2, 0) is 6.54 Å². The fourth-order valence-corrected chi connectivity index (χ4v) is 2.07. The van der Waals surface area contributed by atoms with Crippen molar-refractivity contribution in [3.63, 3.8) is 0 Å². The van der Waals surface area contributed by atoms with E-state index in [1.54, 1.807) is 18.2 Å². The van der Waals surface area contributed by atoms with Crippen molar-refractivity contribution in [2.75, 3.05) is 11.9 Å². The summed E-state index contributed by atoms with van der Waals surface area (Å²) in [6, 6.07) is 10.8. The second kappa shape index (κ2) is 7.72. The van der Waals surface area contributed by atoms with Gasteiger partial charge in [-0.2, -0.15) is 0 Å². The monoisotopic (exact) mass is 318 g/mol. The van der Waals surface area contributed by atoms with Gasteiger partial charge in [-0.05, 0) is 35.7 Å². The van der Waals surface area contributed by atoms with Crippen LogP contribution in [0.1, 0.15) is 29.8 Å². The van der Waals surface area contributed by atoms with E-state index in [-0.39, 0.29) is 5.91 Å². The lowest BCUT2D eigenvalue weighted by molar-refractivity contribution is 0.0950. The lowest BCUT2D eigenvalue weighted by Gasteiger charge is -2.13. The van der Waals surface area contributed by atoms with Gasteiger partial charge in [-0.3, -0.25) is 4.79 Å². The molecule has 2 aromatic rings. The average molecular weight is 318 g/mol. The van der Waals surface area contributed by atoms with E-state index in [4.69, 9.17) is 0 Å². The Balaban J connectivity index is 2.07. The molecule has 0 aliphatic heterocycles. The Bertz CT molecular complexity index is 686. The van der Waals surface area contributed by atoms with Gasteiger partial charge in [-0.25, -0.2) is 8.78 Å². The number of hydrogen-bond acceptors (Lipinski definition) is 2. The number of amides is 1. The van der Waals surface area contributed by atoms with Crippen LogP contribution in [0.3, 0.4) is 0 Å². The van der Waals surface area contributed by atoms with Crippen LogP contribution in [0.2, 0.25) is 0 Å². The highest BCUT2D eigenvalue weighted by molar-refractivity contribution is 5.99. The van der Waals surface area contributed by atoms with E-state index in [1.807, 2.05) is 19.9 Å². The second-order valence-corrected chi connectivity index (χ2v) is 5.75. The SMILES string of the molecule is CC(C)CNC(=O)c1ccccc1NCc1ccc(F)c(F)c1. The minimum Gasteiger partial charge on any atom is -0.380 e. The number of carbonyl (C=O) groups is 1. The quantitative estimate of drug-likeness (QED) is 0.846. The zero-order chi connectivity index (χ0) is 16.8. The lowest BCUT2D eigenvalue weighted by Crippen LogP contribution is -2.28. The van der Waals surface area contributed by atoms with E-state index in [9.17, 15) is 13.6 Å². The van der Waals surface area contributed by atoms with Crippen molar-refractivity contribution in [2.24, 2.45) is 5.92 Å². The van der Waals surface area contributed by atoms with Gasteiger partial charge in [0.25, 0.3) is 5.91 Å². The fourth-order valence-electron chi connectivity index (χ4n) is 2.07. The van der Waals surface area contributed by atoms with Crippen molar-refractivity contribution < 1.29 is 13.6 Å². The van der Waals surface area contributed by atoms with Crippen molar-refractivity contribution in [3.8, 4) is 0 Å². The summed E-state index contributed by atoms with van der Waals surface area (Å²) in [4.78, 5) is 12.2. The van der Waals surface area contributed by atoms with Gasteiger partial charge < -0.3 is 10.6 Å². The van der Waals surface area contributed by atoms with Crippen LogP contribution >= 0.6 is 0 Å². The minimum atomic E-state index is -0.882. The highest BCUT2D eigenvalue weighted by Gasteiger charge is 2.11. The second-order valence-electron chi connectivity index (χ2n) is 5.75. The van der Waals surface area contributed by atoms with Crippen molar-refractivity contribution in [1.82, 2.24) is 5.32 Å². The predicted molar refractivity (Wildman–Crippen MR) is 87.3 cm³/mol. The highest BCUT2D eigenvalue weighted by atomic mass is 19.2. The molecule has 0 saturated carbocycles. The zero-order valence-electron chi connectivity index (χ0n) is 13.2. The molecule has 0 atom stereocenters. The Morgan fingerprint density at radius 1 is 1.09 bits per heavy atom. The van der Waals surface area contributed by atoms with E-state index in [2.05, 4.69) is 10.6 Å². The Morgan fingerprint density at radius 2 is 1.83 bits per heavy atom. The number of nitrogens with one attached hydrogen (secondary N) is 2. The lowest BCUT2D eigenvalue weighted by atomic mass is 10.1. The van der Waals surface area contributed by atoms with Crippen LogP contribution < -0.4 is 10.6 Å². The largest absolute Gasteiger partial charge is 0.380 e. The molecule has 1 amide bonds. The summed E-state index contributed by atoms with van der Waals surface area (Å²) < 4.78 is 26.2. The maximum atomic E-state index is 13.2. The third-order valence-electron chi connectivity index (χ3n) is 3.31. The first-order chi connectivity index (χ1) is 11.0. The van der Waals surface area contributed by atoms with Crippen molar-refractivity contribution in [1.29, 1.82) is 0 Å². The zero-order valence-corrected chi connectivity index (χ0v) is 13.2. The molecule has 2 aromatic carbocycles. The molecule has 2 N–H and O–H groups in total. The number of rotatable bonds is 6. The third-order valence-corrected chi connectivity index (χ3v) is 3.31. The molecule has 0 aromatic heterocycles. The van der Waals surface area contributed by atoms with Crippen LogP contribution in [0, 0.1) is 17.6 Å². The van der Waals surface area contributed by atoms with Crippen LogP contribution in [0.25, 0.3) is 0 Å². The molecule has 0 radical (unpaired) electrons. The van der Waals surface area contributed by atoms with Crippen molar-refractivity contribution >= 4 is 11.6 Å². The molecule has 0 saturated heterocycles. The fraction of sp³-hybridized carbons (Fsp3) is 0.278. The molecule has 2 rings (SSSR count). The van der Waals surface area contributed by atoms with Crippen LogP contribution in [0.5, 0.6) is 0 Å². The number of halogens is 2. The van der Waals surface area contributed by atoms with E-state index >= 15 is 0 Å². The van der Waals surface area contributed by atoms with E-state index in [0.717, 1.165) is 12.1 Å². The Morgan fingerprint density at radius 3 is 2.52 bits per heavy atom. The average Bonchev–Trinajstić information content (AvgIpc) is 2.54. The van der Waals surface area contributed by atoms with E-state index in [1.165, 1.54) is 6.07 Å². The maximum Gasteiger partial charge on any atom is 0.253 e. The van der Waals surface area contributed by atoms with Crippen LogP contribution in [0.4, 0.5) is 14.5 Å². The maximum absolute atomic E-state index is 13.2. The first-order valence-electron chi connectivity index (χ1n) is 7.52. The molecular weight excluding hydrogens is 298 g/mol. The van der Waals surface area contributed by atoms with Crippen LogP contribution in [0.15, 0.2) is 42.5 Å². The summed E-state index contributed by atoms with van der Waals surface area (Å²) in [6.45, 7) is 4.93.